The van der Waals surface area contributed by atoms with Crippen LogP contribution in [0.1, 0.15) is 10.6 Å². The minimum atomic E-state index is 0.560. The molecule has 0 saturated carbocycles. The third kappa shape index (κ3) is 2.71. The number of rotatable bonds is 3. The van der Waals surface area contributed by atoms with Crippen LogP contribution >= 0.6 is 34.5 Å². The molecule has 1 aromatic carbocycles. The summed E-state index contributed by atoms with van der Waals surface area (Å²) in [4.78, 5) is 7.43. The number of benzene rings is 1. The molecule has 1 aromatic heterocycles. The number of anilines is 2. The first-order valence-electron chi connectivity index (χ1n) is 5.33. The van der Waals surface area contributed by atoms with Crippen molar-refractivity contribution < 1.29 is 0 Å². The van der Waals surface area contributed by atoms with Gasteiger partial charge in [0, 0.05) is 17.6 Å². The van der Waals surface area contributed by atoms with E-state index >= 15 is 0 Å². The second-order valence-electron chi connectivity index (χ2n) is 4.05. The van der Waals surface area contributed by atoms with Gasteiger partial charge in [-0.2, -0.15) is 0 Å². The van der Waals surface area contributed by atoms with E-state index in [-0.39, 0.29) is 0 Å². The second kappa shape index (κ2) is 5.34. The highest BCUT2D eigenvalue weighted by molar-refractivity contribution is 7.09. The lowest BCUT2D eigenvalue weighted by Crippen LogP contribution is -2.17. The summed E-state index contributed by atoms with van der Waals surface area (Å²) in [6.07, 6.45) is 0. The quantitative estimate of drug-likeness (QED) is 0.872. The molecule has 0 atom stereocenters. The molecule has 0 saturated heterocycles. The van der Waals surface area contributed by atoms with Crippen LogP contribution in [0.5, 0.6) is 0 Å². The standard InChI is InChI=1S/C12H13Cl2N3S/c1-7-11(18-6-16-7)5-17(2)12-9(13)3-8(15)4-10(12)14/h3-4,6H,5,15H2,1-2H3. The van der Waals surface area contributed by atoms with Gasteiger partial charge in [-0.15, -0.1) is 11.3 Å². The predicted molar refractivity (Wildman–Crippen MR) is 79.8 cm³/mol. The molecule has 0 aliphatic heterocycles. The molecule has 0 fully saturated rings. The SMILES string of the molecule is Cc1ncsc1CN(C)c1c(Cl)cc(N)cc1Cl. The van der Waals surface area contributed by atoms with E-state index in [1.54, 1.807) is 23.5 Å². The van der Waals surface area contributed by atoms with Crippen molar-refractivity contribution in [1.82, 2.24) is 4.98 Å². The Labute approximate surface area is 120 Å². The Morgan fingerprint density at radius 1 is 1.33 bits per heavy atom. The fraction of sp³-hybridized carbons (Fsp3) is 0.250. The number of aromatic nitrogens is 1. The van der Waals surface area contributed by atoms with Crippen LogP contribution in [0.3, 0.4) is 0 Å². The average Bonchev–Trinajstić information content (AvgIpc) is 2.62. The fourth-order valence-corrected chi connectivity index (χ4v) is 3.34. The number of nitrogens with zero attached hydrogens (tertiary/aromatic N) is 2. The van der Waals surface area contributed by atoms with Gasteiger partial charge in [-0.05, 0) is 19.1 Å². The minimum absolute atomic E-state index is 0.560. The molecular formula is C12H13Cl2N3S. The van der Waals surface area contributed by atoms with Crippen LogP contribution in [0.15, 0.2) is 17.6 Å². The Kier molecular flexibility index (Phi) is 4.00. The molecule has 2 aromatic rings. The highest BCUT2D eigenvalue weighted by Crippen LogP contribution is 2.36. The Balaban J connectivity index is 2.29. The lowest BCUT2D eigenvalue weighted by Gasteiger charge is -2.21. The summed E-state index contributed by atoms with van der Waals surface area (Å²) in [5.74, 6) is 0. The van der Waals surface area contributed by atoms with Gasteiger partial charge in [0.2, 0.25) is 0 Å². The van der Waals surface area contributed by atoms with Gasteiger partial charge in [0.15, 0.2) is 0 Å². The lowest BCUT2D eigenvalue weighted by atomic mass is 10.2. The first-order chi connectivity index (χ1) is 8.49. The van der Waals surface area contributed by atoms with Gasteiger partial charge in [-0.25, -0.2) is 4.98 Å². The second-order valence-corrected chi connectivity index (χ2v) is 5.80. The van der Waals surface area contributed by atoms with Gasteiger partial charge in [0.05, 0.1) is 33.5 Å². The summed E-state index contributed by atoms with van der Waals surface area (Å²) in [6, 6.07) is 3.41. The highest BCUT2D eigenvalue weighted by Gasteiger charge is 2.14. The van der Waals surface area contributed by atoms with E-state index in [0.717, 1.165) is 17.9 Å². The number of thiazole rings is 1. The molecule has 0 aliphatic carbocycles. The molecule has 6 heteroatoms. The van der Waals surface area contributed by atoms with Crippen LogP contribution in [-0.4, -0.2) is 12.0 Å². The summed E-state index contributed by atoms with van der Waals surface area (Å²) in [5.41, 5.74) is 9.93. The van der Waals surface area contributed by atoms with Crippen LogP contribution < -0.4 is 10.6 Å². The molecule has 0 aliphatic rings. The van der Waals surface area contributed by atoms with Crippen molar-refractivity contribution in [2.45, 2.75) is 13.5 Å². The van der Waals surface area contributed by atoms with Crippen LogP contribution in [0.25, 0.3) is 0 Å². The molecule has 3 nitrogen and oxygen atoms in total. The smallest absolute Gasteiger partial charge is 0.0798 e. The van der Waals surface area contributed by atoms with Crippen LogP contribution in [0.2, 0.25) is 10.0 Å². The van der Waals surface area contributed by atoms with Gasteiger partial charge < -0.3 is 10.6 Å². The number of halogens is 2. The summed E-state index contributed by atoms with van der Waals surface area (Å²) >= 11 is 14.0. The van der Waals surface area contributed by atoms with Crippen molar-refractivity contribution in [1.29, 1.82) is 0 Å². The molecule has 0 radical (unpaired) electrons. The third-order valence-corrected chi connectivity index (χ3v) is 4.14. The van der Waals surface area contributed by atoms with Crippen LogP contribution in [0.4, 0.5) is 11.4 Å². The number of nitrogens with two attached hydrogens (primary N) is 1. The van der Waals surface area contributed by atoms with Crippen molar-refractivity contribution in [3.05, 3.63) is 38.3 Å². The normalized spacial score (nSPS) is 10.7. The molecule has 18 heavy (non-hydrogen) atoms. The summed E-state index contributed by atoms with van der Waals surface area (Å²) in [6.45, 7) is 2.71. The number of hydrogen-bond donors (Lipinski definition) is 1. The van der Waals surface area contributed by atoms with Crippen molar-refractivity contribution in [3.8, 4) is 0 Å². The molecule has 0 amide bonds. The maximum Gasteiger partial charge on any atom is 0.0798 e. The van der Waals surface area contributed by atoms with Crippen molar-refractivity contribution in [2.24, 2.45) is 0 Å². The van der Waals surface area contributed by atoms with E-state index in [2.05, 4.69) is 4.98 Å². The van der Waals surface area contributed by atoms with E-state index in [1.165, 1.54) is 4.88 Å². The molecule has 1 heterocycles. The lowest BCUT2D eigenvalue weighted by molar-refractivity contribution is 0.926. The first kappa shape index (κ1) is 13.5. The van der Waals surface area contributed by atoms with Crippen molar-refractivity contribution >= 4 is 45.9 Å². The topological polar surface area (TPSA) is 42.2 Å². The van der Waals surface area contributed by atoms with Crippen molar-refractivity contribution in [2.75, 3.05) is 17.7 Å². The molecule has 2 N–H and O–H groups in total. The zero-order chi connectivity index (χ0) is 13.3. The Morgan fingerprint density at radius 3 is 2.44 bits per heavy atom. The molecule has 96 valence electrons. The van der Waals surface area contributed by atoms with Gasteiger partial charge in [0.1, 0.15) is 0 Å². The van der Waals surface area contributed by atoms with Gasteiger partial charge >= 0.3 is 0 Å². The summed E-state index contributed by atoms with van der Waals surface area (Å²) in [5, 5.41) is 1.12. The first-order valence-corrected chi connectivity index (χ1v) is 6.97. The van der Waals surface area contributed by atoms with Crippen LogP contribution in [0, 0.1) is 6.92 Å². The van der Waals surface area contributed by atoms with E-state index in [1.807, 2.05) is 24.4 Å². The molecule has 2 rings (SSSR count). The number of hydrogen-bond acceptors (Lipinski definition) is 4. The third-order valence-electron chi connectivity index (χ3n) is 2.65. The Bertz CT molecular complexity index is 545. The largest absolute Gasteiger partial charge is 0.399 e. The van der Waals surface area contributed by atoms with Gasteiger partial charge in [-0.3, -0.25) is 0 Å². The number of aryl methyl sites for hydroxylation is 1. The van der Waals surface area contributed by atoms with Crippen molar-refractivity contribution in [3.63, 3.8) is 0 Å². The van der Waals surface area contributed by atoms with E-state index in [0.29, 0.717) is 15.7 Å². The zero-order valence-corrected chi connectivity index (χ0v) is 12.4. The molecule has 0 unspecified atom stereocenters. The van der Waals surface area contributed by atoms with E-state index in [9.17, 15) is 0 Å². The maximum absolute atomic E-state index is 6.19. The molecule has 0 bridgehead atoms. The zero-order valence-electron chi connectivity index (χ0n) is 10.1. The Hall–Kier alpha value is -0.970. The average molecular weight is 302 g/mol. The predicted octanol–water partition coefficient (Wildman–Crippen LogP) is 3.98. The van der Waals surface area contributed by atoms with E-state index in [4.69, 9.17) is 28.9 Å². The summed E-state index contributed by atoms with van der Waals surface area (Å²) < 4.78 is 0. The fourth-order valence-electron chi connectivity index (χ4n) is 1.72. The number of nitrogen functional groups attached to an aromatic ring is 1. The monoisotopic (exact) mass is 301 g/mol. The maximum atomic E-state index is 6.19. The highest BCUT2D eigenvalue weighted by atomic mass is 35.5. The molecular weight excluding hydrogens is 289 g/mol. The Morgan fingerprint density at radius 2 is 1.94 bits per heavy atom. The molecule has 0 spiro atoms. The summed E-state index contributed by atoms with van der Waals surface area (Å²) in [7, 11) is 1.95. The van der Waals surface area contributed by atoms with Gasteiger partial charge in [0.25, 0.3) is 0 Å². The minimum Gasteiger partial charge on any atom is -0.399 e. The van der Waals surface area contributed by atoms with E-state index < -0.39 is 0 Å². The van der Waals surface area contributed by atoms with Crippen LogP contribution in [-0.2, 0) is 6.54 Å². The van der Waals surface area contributed by atoms with Gasteiger partial charge in [-0.1, -0.05) is 23.2 Å².